The molecule has 0 amide bonds. The molecule has 1 radical (unpaired) electrons. The Labute approximate surface area is 366 Å². The van der Waals surface area contributed by atoms with Gasteiger partial charge in [-0.1, -0.05) is 109 Å². The number of fused-ring (bicyclic) bond motifs is 7. The maximum absolute atomic E-state index is 6.53. The predicted molar refractivity (Wildman–Crippen MR) is 247 cm³/mol. The predicted octanol–water partition coefficient (Wildman–Crippen LogP) is 13.5. The zero-order valence-electron chi connectivity index (χ0n) is 35.6. The van der Waals surface area contributed by atoms with Crippen LogP contribution in [0, 0.1) is 19.1 Å². The molecule has 0 aliphatic heterocycles. The minimum atomic E-state index is -1.23. The van der Waals surface area contributed by atoms with Gasteiger partial charge in [-0.3, -0.25) is 4.98 Å². The van der Waals surface area contributed by atoms with Crippen molar-refractivity contribution in [2.75, 3.05) is 0 Å². The van der Waals surface area contributed by atoms with Crippen LogP contribution in [0.1, 0.15) is 57.4 Å². The summed E-state index contributed by atoms with van der Waals surface area (Å²) >= 11 is 0. The van der Waals surface area contributed by atoms with Gasteiger partial charge in [0.25, 0.3) is 0 Å². The van der Waals surface area contributed by atoms with Gasteiger partial charge in [0.1, 0.15) is 11.2 Å². The summed E-state index contributed by atoms with van der Waals surface area (Å²) in [6.45, 7) is 20.0. The molecule has 0 atom stereocenters. The van der Waals surface area contributed by atoms with Crippen LogP contribution >= 0.6 is 0 Å². The molecule has 303 valence electrons. The molecular weight excluding hydrogens is 933 g/mol. The molecule has 0 unspecified atom stereocenters. The van der Waals surface area contributed by atoms with E-state index in [0.29, 0.717) is 11.6 Å². The number of furan rings is 2. The molecule has 5 aromatic carbocycles. The molecule has 0 bridgehead atoms. The summed E-state index contributed by atoms with van der Waals surface area (Å²) < 4.78 is 15.2. The standard InChI is InChI=1S/C38H32N3O2.C14H16NSi.Ir/c1-21(2)29-18-17-27-34-22(3)11-14-28(35(34)43-37(27)40-29)36-39-30-9-7-8-10-31(30)41(36)24-13-16-26-25-15-12-23(38(4,5)6)19-32(25)42-33(26)20-24;1-16(2,3)13-9-10-14(15-11-13)12-7-5-4-6-8-12;/h7-13,15-21H,1-6H3;4-7,9-11H,1-3H3;/q2*-1;. The van der Waals surface area contributed by atoms with E-state index in [2.05, 4.69) is 150 Å². The van der Waals surface area contributed by atoms with Gasteiger partial charge in [0, 0.05) is 59.9 Å². The third-order valence-electron chi connectivity index (χ3n) is 11.2. The van der Waals surface area contributed by atoms with E-state index in [4.69, 9.17) is 18.8 Å². The number of aryl methyl sites for hydroxylation is 1. The molecule has 0 aliphatic rings. The number of hydrogen-bond donors (Lipinski definition) is 0. The smallest absolute Gasteiger partial charge is 0.216 e. The normalized spacial score (nSPS) is 12.1. The minimum absolute atomic E-state index is 0. The quantitative estimate of drug-likeness (QED) is 0.127. The Morgan fingerprint density at radius 1 is 0.750 bits per heavy atom. The van der Waals surface area contributed by atoms with Gasteiger partial charge in [0.05, 0.1) is 30.5 Å². The van der Waals surface area contributed by atoms with Crippen LogP contribution in [0.5, 0.6) is 0 Å². The van der Waals surface area contributed by atoms with Crippen molar-refractivity contribution in [3.63, 3.8) is 0 Å². The summed E-state index contributed by atoms with van der Waals surface area (Å²) in [5.41, 5.74) is 12.3. The minimum Gasteiger partial charge on any atom is -0.486 e. The number of benzene rings is 5. The summed E-state index contributed by atoms with van der Waals surface area (Å²) in [7, 11) is -1.23. The Bertz CT molecular complexity index is 3170. The van der Waals surface area contributed by atoms with Gasteiger partial charge in [0.2, 0.25) is 5.71 Å². The second-order valence-electron chi connectivity index (χ2n) is 17.9. The third kappa shape index (κ3) is 7.53. The van der Waals surface area contributed by atoms with Crippen molar-refractivity contribution in [2.45, 2.75) is 72.5 Å². The Morgan fingerprint density at radius 2 is 1.48 bits per heavy atom. The number of hydrogen-bond acceptors (Lipinski definition) is 5. The van der Waals surface area contributed by atoms with Crippen molar-refractivity contribution < 1.29 is 28.9 Å². The average Bonchev–Trinajstić information content (AvgIpc) is 3.92. The molecular formula is C52H48IrN4O2Si-2. The van der Waals surface area contributed by atoms with Crippen LogP contribution in [0.25, 0.3) is 83.4 Å². The van der Waals surface area contributed by atoms with E-state index in [1.54, 1.807) is 0 Å². The first-order valence-electron chi connectivity index (χ1n) is 20.4. The molecule has 0 saturated carbocycles. The van der Waals surface area contributed by atoms with Crippen molar-refractivity contribution in [3.05, 3.63) is 150 Å². The first-order valence-corrected chi connectivity index (χ1v) is 23.9. The molecule has 8 heteroatoms. The molecule has 5 aromatic heterocycles. The third-order valence-corrected chi connectivity index (χ3v) is 13.2. The molecule has 60 heavy (non-hydrogen) atoms. The topological polar surface area (TPSA) is 69.9 Å². The van der Waals surface area contributed by atoms with Crippen LogP contribution < -0.4 is 5.19 Å². The van der Waals surface area contributed by atoms with E-state index >= 15 is 0 Å². The van der Waals surface area contributed by atoms with Crippen molar-refractivity contribution in [1.82, 2.24) is 19.5 Å². The van der Waals surface area contributed by atoms with Crippen molar-refractivity contribution >= 4 is 68.3 Å². The van der Waals surface area contributed by atoms with Gasteiger partial charge in [-0.2, -0.15) is 0 Å². The summed E-state index contributed by atoms with van der Waals surface area (Å²) in [4.78, 5) is 14.5. The maximum atomic E-state index is 6.53. The van der Waals surface area contributed by atoms with E-state index in [0.717, 1.165) is 88.9 Å². The van der Waals surface area contributed by atoms with E-state index in [1.807, 2.05) is 54.7 Å². The molecule has 0 fully saturated rings. The zero-order valence-corrected chi connectivity index (χ0v) is 39.0. The molecule has 0 spiro atoms. The fourth-order valence-electron chi connectivity index (χ4n) is 7.74. The molecule has 6 nitrogen and oxygen atoms in total. The number of aromatic nitrogens is 4. The molecule has 10 rings (SSSR count). The van der Waals surface area contributed by atoms with Crippen LogP contribution in [-0.4, -0.2) is 27.6 Å². The van der Waals surface area contributed by atoms with Gasteiger partial charge in [-0.15, -0.1) is 53.6 Å². The number of nitrogens with zero attached hydrogens (tertiary/aromatic N) is 4. The van der Waals surface area contributed by atoms with Gasteiger partial charge in [-0.25, -0.2) is 4.98 Å². The number of rotatable bonds is 5. The van der Waals surface area contributed by atoms with Crippen LogP contribution in [0.4, 0.5) is 0 Å². The Kier molecular flexibility index (Phi) is 10.8. The second-order valence-corrected chi connectivity index (χ2v) is 22.9. The first-order chi connectivity index (χ1) is 28.2. The first kappa shape index (κ1) is 41.1. The molecule has 0 aliphatic carbocycles. The monoisotopic (exact) mass is 981 g/mol. The van der Waals surface area contributed by atoms with Crippen molar-refractivity contribution in [2.24, 2.45) is 0 Å². The Balaban J connectivity index is 0.000000248. The second kappa shape index (κ2) is 15.7. The van der Waals surface area contributed by atoms with Crippen LogP contribution in [0.2, 0.25) is 19.6 Å². The van der Waals surface area contributed by atoms with Gasteiger partial charge >= 0.3 is 0 Å². The van der Waals surface area contributed by atoms with Gasteiger partial charge in [-0.05, 0) is 70.2 Å². The fraction of sp³-hybridized carbons (Fsp3) is 0.212. The SMILES string of the molecule is C[Si](C)(C)c1ccc(-c2[c-]cccc2)nc1.Cc1c[c-]c(-c2nc3ccccc3n2-c2ccc3c(c2)oc2cc(C(C)(C)C)ccc23)c2oc3nc(C(C)C)ccc3c12.[Ir]. The molecule has 10 aromatic rings. The van der Waals surface area contributed by atoms with E-state index in [-0.39, 0.29) is 25.5 Å². The largest absolute Gasteiger partial charge is 0.486 e. The summed E-state index contributed by atoms with van der Waals surface area (Å²) in [6, 6.07) is 46.4. The van der Waals surface area contributed by atoms with Crippen LogP contribution in [0.3, 0.4) is 0 Å². The van der Waals surface area contributed by atoms with E-state index in [9.17, 15) is 0 Å². The van der Waals surface area contributed by atoms with Crippen LogP contribution in [0.15, 0.2) is 130 Å². The van der Waals surface area contributed by atoms with E-state index in [1.165, 1.54) is 10.8 Å². The maximum Gasteiger partial charge on any atom is 0.216 e. The summed E-state index contributed by atoms with van der Waals surface area (Å²) in [5, 5.41) is 5.67. The number of imidazole rings is 1. The van der Waals surface area contributed by atoms with Crippen molar-refractivity contribution in [1.29, 1.82) is 0 Å². The van der Waals surface area contributed by atoms with E-state index < -0.39 is 8.07 Å². The zero-order chi connectivity index (χ0) is 41.2. The average molecular weight is 981 g/mol. The Hall–Kier alpha value is -5.66. The molecule has 0 N–H and O–H groups in total. The van der Waals surface area contributed by atoms with Crippen LogP contribution in [-0.2, 0) is 25.5 Å². The Morgan fingerprint density at radius 3 is 2.18 bits per heavy atom. The molecule has 0 saturated heterocycles. The summed E-state index contributed by atoms with van der Waals surface area (Å²) in [6.07, 6.45) is 2.02. The van der Waals surface area contributed by atoms with Crippen molar-refractivity contribution in [3.8, 4) is 28.3 Å². The number of pyridine rings is 2. The summed E-state index contributed by atoms with van der Waals surface area (Å²) in [5.74, 6) is 1.07. The van der Waals surface area contributed by atoms with Gasteiger partial charge in [0.15, 0.2) is 0 Å². The van der Waals surface area contributed by atoms with Gasteiger partial charge < -0.3 is 18.4 Å². The molecule has 5 heterocycles. The fourth-order valence-corrected chi connectivity index (χ4v) is 8.78. The number of para-hydroxylation sites is 2.